The molecule has 4 nitrogen and oxygen atoms in total. The molecule has 0 aromatic heterocycles. The van der Waals surface area contributed by atoms with Gasteiger partial charge in [-0.15, -0.1) is 0 Å². The van der Waals surface area contributed by atoms with Crippen molar-refractivity contribution in [2.75, 3.05) is 13.1 Å². The fraction of sp³-hybridized carbons (Fsp3) is 0.529. The summed E-state index contributed by atoms with van der Waals surface area (Å²) < 4.78 is 0. The smallest absolute Gasteiger partial charge is 0.253 e. The van der Waals surface area contributed by atoms with Crippen LogP contribution in [0.3, 0.4) is 0 Å². The molecule has 0 spiro atoms. The van der Waals surface area contributed by atoms with Gasteiger partial charge in [-0.05, 0) is 42.9 Å². The Balaban J connectivity index is 1.53. The SMILES string of the molecule is C[C@H]1C[C@@H]1C(=O)NCc1ccc(C(=O)N2CCCC2)cc1. The molecule has 1 aliphatic carbocycles. The van der Waals surface area contributed by atoms with Crippen molar-refractivity contribution in [3.63, 3.8) is 0 Å². The van der Waals surface area contributed by atoms with E-state index in [4.69, 9.17) is 0 Å². The highest BCUT2D eigenvalue weighted by molar-refractivity contribution is 5.94. The van der Waals surface area contributed by atoms with E-state index in [0.29, 0.717) is 12.5 Å². The molecule has 2 aliphatic rings. The van der Waals surface area contributed by atoms with Crippen molar-refractivity contribution in [1.82, 2.24) is 10.2 Å². The van der Waals surface area contributed by atoms with Crippen molar-refractivity contribution < 1.29 is 9.59 Å². The highest BCUT2D eigenvalue weighted by Crippen LogP contribution is 2.37. The molecule has 21 heavy (non-hydrogen) atoms. The second-order valence-corrected chi connectivity index (χ2v) is 6.23. The van der Waals surface area contributed by atoms with Gasteiger partial charge in [0.05, 0.1) is 0 Å². The zero-order chi connectivity index (χ0) is 14.8. The molecule has 1 saturated carbocycles. The molecular weight excluding hydrogens is 264 g/mol. The van der Waals surface area contributed by atoms with Crippen LogP contribution in [0.15, 0.2) is 24.3 Å². The standard InChI is InChI=1S/C17H22N2O2/c1-12-10-15(12)16(20)18-11-13-4-6-14(7-5-13)17(21)19-8-2-3-9-19/h4-7,12,15H,2-3,8-11H2,1H3,(H,18,20)/t12-,15-/m0/s1. The van der Waals surface area contributed by atoms with E-state index in [1.54, 1.807) is 0 Å². The predicted molar refractivity (Wildman–Crippen MR) is 80.7 cm³/mol. The van der Waals surface area contributed by atoms with Crippen molar-refractivity contribution in [2.24, 2.45) is 11.8 Å². The summed E-state index contributed by atoms with van der Waals surface area (Å²) in [5, 5.41) is 2.96. The second kappa shape index (κ2) is 5.88. The first-order valence-electron chi connectivity index (χ1n) is 7.81. The van der Waals surface area contributed by atoms with Crippen LogP contribution < -0.4 is 5.32 Å². The Labute approximate surface area is 125 Å². The Morgan fingerprint density at radius 3 is 2.38 bits per heavy atom. The Bertz CT molecular complexity index is 532. The Morgan fingerprint density at radius 1 is 1.19 bits per heavy atom. The van der Waals surface area contributed by atoms with Crippen LogP contribution in [0.1, 0.15) is 42.1 Å². The molecule has 2 fully saturated rings. The van der Waals surface area contributed by atoms with Crippen LogP contribution in [-0.4, -0.2) is 29.8 Å². The van der Waals surface area contributed by atoms with Gasteiger partial charge in [-0.3, -0.25) is 9.59 Å². The number of amides is 2. The van der Waals surface area contributed by atoms with Crippen LogP contribution in [0.4, 0.5) is 0 Å². The number of nitrogens with one attached hydrogen (secondary N) is 1. The molecule has 1 aromatic rings. The third-order valence-corrected chi connectivity index (χ3v) is 4.51. The molecule has 0 unspecified atom stereocenters. The average molecular weight is 286 g/mol. The monoisotopic (exact) mass is 286 g/mol. The van der Waals surface area contributed by atoms with Gasteiger partial charge in [0.1, 0.15) is 0 Å². The summed E-state index contributed by atoms with van der Waals surface area (Å²) >= 11 is 0. The van der Waals surface area contributed by atoms with Crippen molar-refractivity contribution >= 4 is 11.8 Å². The van der Waals surface area contributed by atoms with Gasteiger partial charge in [-0.2, -0.15) is 0 Å². The molecule has 2 amide bonds. The van der Waals surface area contributed by atoms with Gasteiger partial charge < -0.3 is 10.2 Å². The summed E-state index contributed by atoms with van der Waals surface area (Å²) in [5.41, 5.74) is 1.78. The molecule has 4 heteroatoms. The lowest BCUT2D eigenvalue weighted by molar-refractivity contribution is -0.122. The zero-order valence-corrected chi connectivity index (χ0v) is 12.5. The van der Waals surface area contributed by atoms with Crippen LogP contribution in [-0.2, 0) is 11.3 Å². The molecule has 0 radical (unpaired) electrons. The van der Waals surface area contributed by atoms with Gasteiger partial charge in [0, 0.05) is 31.1 Å². The summed E-state index contributed by atoms with van der Waals surface area (Å²) in [4.78, 5) is 25.9. The maximum absolute atomic E-state index is 12.2. The number of hydrogen-bond donors (Lipinski definition) is 1. The van der Waals surface area contributed by atoms with Crippen molar-refractivity contribution in [3.8, 4) is 0 Å². The van der Waals surface area contributed by atoms with Gasteiger partial charge in [0.25, 0.3) is 5.91 Å². The largest absolute Gasteiger partial charge is 0.352 e. The number of rotatable bonds is 4. The highest BCUT2D eigenvalue weighted by Gasteiger charge is 2.38. The van der Waals surface area contributed by atoms with E-state index in [9.17, 15) is 9.59 Å². The molecular formula is C17H22N2O2. The molecule has 2 atom stereocenters. The summed E-state index contributed by atoms with van der Waals surface area (Å²) in [6, 6.07) is 7.59. The number of nitrogens with zero attached hydrogens (tertiary/aromatic N) is 1. The van der Waals surface area contributed by atoms with Crippen LogP contribution in [0.25, 0.3) is 0 Å². The molecule has 1 aliphatic heterocycles. The molecule has 1 aromatic carbocycles. The van der Waals surface area contributed by atoms with Gasteiger partial charge >= 0.3 is 0 Å². The molecule has 1 heterocycles. The lowest BCUT2D eigenvalue weighted by Gasteiger charge is -2.15. The number of hydrogen-bond acceptors (Lipinski definition) is 2. The molecule has 1 saturated heterocycles. The minimum absolute atomic E-state index is 0.120. The number of carbonyl (C=O) groups excluding carboxylic acids is 2. The van der Waals surface area contributed by atoms with Gasteiger partial charge in [0.2, 0.25) is 5.91 Å². The van der Waals surface area contributed by atoms with E-state index in [1.165, 1.54) is 0 Å². The minimum Gasteiger partial charge on any atom is -0.352 e. The highest BCUT2D eigenvalue weighted by atomic mass is 16.2. The van der Waals surface area contributed by atoms with E-state index in [-0.39, 0.29) is 17.7 Å². The topological polar surface area (TPSA) is 49.4 Å². The minimum atomic E-state index is 0.120. The number of benzene rings is 1. The van der Waals surface area contributed by atoms with E-state index in [2.05, 4.69) is 12.2 Å². The Morgan fingerprint density at radius 2 is 1.81 bits per heavy atom. The summed E-state index contributed by atoms with van der Waals surface area (Å²) in [6.07, 6.45) is 3.22. The van der Waals surface area contributed by atoms with Crippen molar-refractivity contribution in [1.29, 1.82) is 0 Å². The number of carbonyl (C=O) groups is 2. The van der Waals surface area contributed by atoms with Crippen LogP contribution in [0.2, 0.25) is 0 Å². The van der Waals surface area contributed by atoms with Gasteiger partial charge in [-0.1, -0.05) is 19.1 Å². The fourth-order valence-electron chi connectivity index (χ4n) is 2.88. The van der Waals surface area contributed by atoms with E-state index < -0.39 is 0 Å². The van der Waals surface area contributed by atoms with Crippen molar-refractivity contribution in [3.05, 3.63) is 35.4 Å². The van der Waals surface area contributed by atoms with E-state index in [1.807, 2.05) is 29.2 Å². The van der Waals surface area contributed by atoms with E-state index >= 15 is 0 Å². The summed E-state index contributed by atoms with van der Waals surface area (Å²) in [6.45, 7) is 4.38. The molecule has 0 bridgehead atoms. The fourth-order valence-corrected chi connectivity index (χ4v) is 2.88. The normalized spacial score (nSPS) is 24.0. The van der Waals surface area contributed by atoms with Gasteiger partial charge in [0.15, 0.2) is 0 Å². The Kier molecular flexibility index (Phi) is 3.95. The second-order valence-electron chi connectivity index (χ2n) is 6.23. The van der Waals surface area contributed by atoms with Crippen LogP contribution in [0, 0.1) is 11.8 Å². The molecule has 112 valence electrons. The van der Waals surface area contributed by atoms with Crippen LogP contribution in [0.5, 0.6) is 0 Å². The Hall–Kier alpha value is -1.84. The maximum Gasteiger partial charge on any atom is 0.253 e. The lowest BCUT2D eigenvalue weighted by atomic mass is 10.1. The summed E-state index contributed by atoms with van der Waals surface area (Å²) in [5.74, 6) is 1.01. The number of likely N-dealkylation sites (tertiary alicyclic amines) is 1. The first-order valence-corrected chi connectivity index (χ1v) is 7.81. The first-order chi connectivity index (χ1) is 10.1. The van der Waals surface area contributed by atoms with Crippen molar-refractivity contribution in [2.45, 2.75) is 32.7 Å². The third-order valence-electron chi connectivity index (χ3n) is 4.51. The predicted octanol–water partition coefficient (Wildman–Crippen LogP) is 2.19. The molecule has 3 rings (SSSR count). The summed E-state index contributed by atoms with van der Waals surface area (Å²) in [7, 11) is 0. The van der Waals surface area contributed by atoms with E-state index in [0.717, 1.165) is 43.5 Å². The van der Waals surface area contributed by atoms with Crippen LogP contribution >= 0.6 is 0 Å². The quantitative estimate of drug-likeness (QED) is 0.922. The average Bonchev–Trinajstić information content (AvgIpc) is 3.02. The lowest BCUT2D eigenvalue weighted by Crippen LogP contribution is -2.27. The first kappa shape index (κ1) is 14.1. The maximum atomic E-state index is 12.2. The zero-order valence-electron chi connectivity index (χ0n) is 12.5. The third kappa shape index (κ3) is 3.26. The van der Waals surface area contributed by atoms with Gasteiger partial charge in [-0.25, -0.2) is 0 Å². The molecule has 1 N–H and O–H groups in total.